The summed E-state index contributed by atoms with van der Waals surface area (Å²) < 4.78 is 13.6. The van der Waals surface area contributed by atoms with Crippen LogP contribution >= 0.6 is 0 Å². The molecule has 4 N–H and O–H groups in total. The Morgan fingerprint density at radius 2 is 2.00 bits per heavy atom. The second-order valence-corrected chi connectivity index (χ2v) is 3.59. The van der Waals surface area contributed by atoms with Gasteiger partial charge < -0.3 is 20.4 Å². The molecule has 0 aromatic heterocycles. The Morgan fingerprint density at radius 1 is 1.35 bits per heavy atom. The molecular weight excluding hydrogens is 231 g/mol. The third-order valence-corrected chi connectivity index (χ3v) is 2.35. The van der Waals surface area contributed by atoms with Crippen LogP contribution < -0.4 is 0 Å². The number of carbonyl (C=O) groups is 1. The fourth-order valence-corrected chi connectivity index (χ4v) is 1.45. The molecule has 0 saturated heterocycles. The maximum atomic E-state index is 13.6. The van der Waals surface area contributed by atoms with Crippen molar-refractivity contribution < 1.29 is 29.6 Å². The Labute approximate surface area is 96.8 Å². The van der Waals surface area contributed by atoms with Gasteiger partial charge in [0.25, 0.3) is 0 Å². The maximum absolute atomic E-state index is 13.6. The molecule has 1 rings (SSSR count). The smallest absolute Gasteiger partial charge is 0.306 e. The van der Waals surface area contributed by atoms with E-state index in [1.165, 1.54) is 18.2 Å². The SMILES string of the molecule is O=C(O)CC(O)C(O)c1cccc(CO)c1F. The minimum atomic E-state index is -1.64. The van der Waals surface area contributed by atoms with Crippen molar-refractivity contribution in [1.82, 2.24) is 0 Å². The van der Waals surface area contributed by atoms with Gasteiger partial charge in [-0.3, -0.25) is 4.79 Å². The predicted octanol–water partition coefficient (Wildman–Crippen LogP) is 0.187. The Kier molecular flexibility index (Phi) is 4.56. The van der Waals surface area contributed by atoms with Crippen LogP contribution in [-0.4, -0.2) is 32.5 Å². The van der Waals surface area contributed by atoms with E-state index in [-0.39, 0.29) is 11.1 Å². The molecule has 2 atom stereocenters. The monoisotopic (exact) mass is 244 g/mol. The summed E-state index contributed by atoms with van der Waals surface area (Å²) in [6.07, 6.45) is -3.93. The highest BCUT2D eigenvalue weighted by Crippen LogP contribution is 2.24. The summed E-state index contributed by atoms with van der Waals surface area (Å²) in [5.74, 6) is -2.14. The second kappa shape index (κ2) is 5.72. The number of hydrogen-bond acceptors (Lipinski definition) is 4. The predicted molar refractivity (Wildman–Crippen MR) is 55.5 cm³/mol. The van der Waals surface area contributed by atoms with Crippen molar-refractivity contribution >= 4 is 5.97 Å². The zero-order valence-electron chi connectivity index (χ0n) is 8.88. The lowest BCUT2D eigenvalue weighted by Crippen LogP contribution is -2.22. The highest BCUT2D eigenvalue weighted by atomic mass is 19.1. The largest absolute Gasteiger partial charge is 0.481 e. The Morgan fingerprint density at radius 3 is 2.53 bits per heavy atom. The van der Waals surface area contributed by atoms with Crippen molar-refractivity contribution in [3.05, 3.63) is 35.1 Å². The first-order chi connectivity index (χ1) is 7.97. The fraction of sp³-hybridized carbons (Fsp3) is 0.364. The molecule has 0 amide bonds. The molecule has 0 heterocycles. The molecule has 0 spiro atoms. The standard InChI is InChI=1S/C11H13FO5/c12-10-6(5-13)2-1-3-7(10)11(17)8(14)4-9(15)16/h1-3,8,11,13-14,17H,4-5H2,(H,15,16). The van der Waals surface area contributed by atoms with Crippen molar-refractivity contribution in [3.8, 4) is 0 Å². The Balaban J connectivity index is 2.95. The van der Waals surface area contributed by atoms with Gasteiger partial charge in [-0.25, -0.2) is 4.39 Å². The van der Waals surface area contributed by atoms with E-state index in [9.17, 15) is 19.4 Å². The molecule has 0 radical (unpaired) electrons. The van der Waals surface area contributed by atoms with Gasteiger partial charge in [0.15, 0.2) is 0 Å². The van der Waals surface area contributed by atoms with Crippen LogP contribution in [0.2, 0.25) is 0 Å². The lowest BCUT2D eigenvalue weighted by Gasteiger charge is -2.18. The topological polar surface area (TPSA) is 98.0 Å². The van der Waals surface area contributed by atoms with Gasteiger partial charge in [-0.1, -0.05) is 18.2 Å². The number of carboxylic acid groups (broad SMARTS) is 1. The van der Waals surface area contributed by atoms with Gasteiger partial charge in [0.2, 0.25) is 0 Å². The van der Waals surface area contributed by atoms with E-state index in [2.05, 4.69) is 0 Å². The fourth-order valence-electron chi connectivity index (χ4n) is 1.45. The Hall–Kier alpha value is -1.50. The van der Waals surface area contributed by atoms with E-state index in [0.29, 0.717) is 0 Å². The average molecular weight is 244 g/mol. The zero-order chi connectivity index (χ0) is 13.0. The van der Waals surface area contributed by atoms with E-state index in [1.807, 2.05) is 0 Å². The molecule has 1 aromatic rings. The molecule has 17 heavy (non-hydrogen) atoms. The van der Waals surface area contributed by atoms with Crippen LogP contribution in [0.3, 0.4) is 0 Å². The van der Waals surface area contributed by atoms with Crippen LogP contribution in [0.5, 0.6) is 0 Å². The number of hydrogen-bond donors (Lipinski definition) is 4. The summed E-state index contributed by atoms with van der Waals surface area (Å²) in [6, 6.07) is 3.96. The van der Waals surface area contributed by atoms with E-state index in [0.717, 1.165) is 0 Å². The molecule has 0 aliphatic heterocycles. The number of halogens is 1. The highest BCUT2D eigenvalue weighted by molar-refractivity contribution is 5.67. The molecule has 1 aromatic carbocycles. The molecule has 0 aliphatic carbocycles. The van der Waals surface area contributed by atoms with Crippen molar-refractivity contribution in [1.29, 1.82) is 0 Å². The summed E-state index contributed by atoms with van der Waals surface area (Å²) in [5, 5.41) is 36.2. The van der Waals surface area contributed by atoms with E-state index in [1.54, 1.807) is 0 Å². The first-order valence-electron chi connectivity index (χ1n) is 4.93. The van der Waals surface area contributed by atoms with Crippen molar-refractivity contribution in [3.63, 3.8) is 0 Å². The lowest BCUT2D eigenvalue weighted by atomic mass is 9.99. The first-order valence-corrected chi connectivity index (χ1v) is 4.93. The number of aliphatic hydroxyl groups excluding tert-OH is 3. The van der Waals surface area contributed by atoms with Crippen molar-refractivity contribution in [2.45, 2.75) is 25.2 Å². The van der Waals surface area contributed by atoms with Gasteiger partial charge in [0.05, 0.1) is 19.1 Å². The van der Waals surface area contributed by atoms with Crippen molar-refractivity contribution in [2.75, 3.05) is 0 Å². The molecule has 5 nitrogen and oxygen atoms in total. The summed E-state index contributed by atoms with van der Waals surface area (Å²) >= 11 is 0. The number of carboxylic acids is 1. The summed E-state index contributed by atoms with van der Waals surface area (Å²) in [5.41, 5.74) is -0.255. The summed E-state index contributed by atoms with van der Waals surface area (Å²) in [7, 11) is 0. The first kappa shape index (κ1) is 13.6. The van der Waals surface area contributed by atoms with Crippen LogP contribution in [0.1, 0.15) is 23.7 Å². The van der Waals surface area contributed by atoms with Crippen molar-refractivity contribution in [2.24, 2.45) is 0 Å². The molecular formula is C11H13FO5. The third kappa shape index (κ3) is 3.23. The average Bonchev–Trinajstić information content (AvgIpc) is 2.27. The highest BCUT2D eigenvalue weighted by Gasteiger charge is 2.24. The molecule has 94 valence electrons. The molecule has 0 aliphatic rings. The molecule has 0 fully saturated rings. The molecule has 0 bridgehead atoms. The van der Waals surface area contributed by atoms with Crippen LogP contribution in [0.15, 0.2) is 18.2 Å². The van der Waals surface area contributed by atoms with Crippen LogP contribution in [0.25, 0.3) is 0 Å². The number of rotatable bonds is 5. The van der Waals surface area contributed by atoms with Gasteiger partial charge >= 0.3 is 5.97 Å². The normalized spacial score (nSPS) is 14.4. The van der Waals surface area contributed by atoms with E-state index >= 15 is 0 Å². The zero-order valence-corrected chi connectivity index (χ0v) is 8.88. The van der Waals surface area contributed by atoms with Gasteiger partial charge in [-0.2, -0.15) is 0 Å². The summed E-state index contributed by atoms with van der Waals surface area (Å²) in [6.45, 7) is -0.540. The number of aliphatic carboxylic acids is 1. The minimum absolute atomic E-state index is 0.0240. The van der Waals surface area contributed by atoms with Gasteiger partial charge in [-0.15, -0.1) is 0 Å². The molecule has 2 unspecified atom stereocenters. The van der Waals surface area contributed by atoms with Crippen LogP contribution in [0, 0.1) is 5.82 Å². The van der Waals surface area contributed by atoms with Crippen LogP contribution in [-0.2, 0) is 11.4 Å². The minimum Gasteiger partial charge on any atom is -0.481 e. The quantitative estimate of drug-likeness (QED) is 0.592. The van der Waals surface area contributed by atoms with Gasteiger partial charge in [-0.05, 0) is 0 Å². The molecule has 0 saturated carbocycles. The number of benzene rings is 1. The van der Waals surface area contributed by atoms with Gasteiger partial charge in [0, 0.05) is 11.1 Å². The van der Waals surface area contributed by atoms with E-state index < -0.39 is 37.0 Å². The van der Waals surface area contributed by atoms with Crippen LogP contribution in [0.4, 0.5) is 4.39 Å². The number of aliphatic hydroxyl groups is 3. The van der Waals surface area contributed by atoms with Gasteiger partial charge in [0.1, 0.15) is 11.9 Å². The Bertz CT molecular complexity index is 407. The summed E-state index contributed by atoms with van der Waals surface area (Å²) in [4.78, 5) is 10.3. The maximum Gasteiger partial charge on any atom is 0.306 e. The third-order valence-electron chi connectivity index (χ3n) is 2.35. The molecule has 6 heteroatoms. The van der Waals surface area contributed by atoms with E-state index in [4.69, 9.17) is 10.2 Å². The second-order valence-electron chi connectivity index (χ2n) is 3.59. The lowest BCUT2D eigenvalue weighted by molar-refractivity contribution is -0.141.